The summed E-state index contributed by atoms with van der Waals surface area (Å²) in [6, 6.07) is 3.04. The third-order valence-corrected chi connectivity index (χ3v) is 2.70. The minimum absolute atomic E-state index is 0.151. The fourth-order valence-electron chi connectivity index (χ4n) is 1.27. The Morgan fingerprint density at radius 1 is 1.33 bits per heavy atom. The third-order valence-electron chi connectivity index (χ3n) is 2.41. The van der Waals surface area contributed by atoms with Gasteiger partial charge in [-0.3, -0.25) is 0 Å². The molecular weight excluding hydrogens is 277 g/mol. The standard InChI is InChI=1S/C11H11ClF5N/c1-6(18-5-11(16,17)10(14)15)7-2-3-9(13)8(12)4-7/h2-4,6,10,18H,5H2,1H3. The molecule has 1 aromatic carbocycles. The Labute approximate surface area is 106 Å². The normalized spacial score (nSPS) is 14.0. The zero-order valence-corrected chi connectivity index (χ0v) is 10.1. The van der Waals surface area contributed by atoms with Gasteiger partial charge >= 0.3 is 12.3 Å². The Hall–Kier alpha value is -0.880. The number of halogens is 6. The van der Waals surface area contributed by atoms with E-state index >= 15 is 0 Å². The number of hydrogen-bond acceptors (Lipinski definition) is 1. The molecule has 0 saturated carbocycles. The van der Waals surface area contributed by atoms with E-state index in [9.17, 15) is 22.0 Å². The van der Waals surface area contributed by atoms with Gasteiger partial charge in [-0.05, 0) is 24.6 Å². The zero-order valence-electron chi connectivity index (χ0n) is 9.36. The van der Waals surface area contributed by atoms with E-state index in [4.69, 9.17) is 11.6 Å². The number of benzene rings is 1. The summed E-state index contributed by atoms with van der Waals surface area (Å²) in [7, 11) is 0. The first-order valence-corrected chi connectivity index (χ1v) is 5.46. The van der Waals surface area contributed by atoms with Crippen LogP contribution in [0.4, 0.5) is 22.0 Å². The lowest BCUT2D eigenvalue weighted by Gasteiger charge is -2.20. The van der Waals surface area contributed by atoms with Crippen molar-refractivity contribution in [1.29, 1.82) is 0 Å². The van der Waals surface area contributed by atoms with Gasteiger partial charge in [-0.15, -0.1) is 0 Å². The molecular formula is C11H11ClF5N. The SMILES string of the molecule is CC(NCC(F)(F)C(F)F)c1ccc(F)c(Cl)c1. The van der Waals surface area contributed by atoms with Crippen molar-refractivity contribution < 1.29 is 22.0 Å². The molecule has 0 saturated heterocycles. The maximum atomic E-state index is 12.9. The quantitative estimate of drug-likeness (QED) is 0.806. The first-order chi connectivity index (χ1) is 8.24. The van der Waals surface area contributed by atoms with Gasteiger partial charge in [0.15, 0.2) is 0 Å². The minimum Gasteiger partial charge on any atom is -0.304 e. The maximum Gasteiger partial charge on any atom is 0.319 e. The van der Waals surface area contributed by atoms with Crippen LogP contribution in [0.2, 0.25) is 5.02 Å². The fourth-order valence-corrected chi connectivity index (χ4v) is 1.45. The third kappa shape index (κ3) is 3.81. The number of nitrogens with one attached hydrogen (secondary N) is 1. The predicted octanol–water partition coefficient (Wildman–Crippen LogP) is 4.03. The van der Waals surface area contributed by atoms with Gasteiger partial charge in [0, 0.05) is 6.04 Å². The van der Waals surface area contributed by atoms with E-state index < -0.39 is 30.8 Å². The van der Waals surface area contributed by atoms with Crippen molar-refractivity contribution in [1.82, 2.24) is 5.32 Å². The molecule has 1 N–H and O–H groups in total. The fraction of sp³-hybridized carbons (Fsp3) is 0.455. The van der Waals surface area contributed by atoms with Crippen molar-refractivity contribution >= 4 is 11.6 Å². The molecule has 0 fully saturated rings. The van der Waals surface area contributed by atoms with E-state index in [0.717, 1.165) is 6.07 Å². The summed E-state index contributed by atoms with van der Waals surface area (Å²) in [6.45, 7) is 0.325. The molecule has 0 aliphatic heterocycles. The topological polar surface area (TPSA) is 12.0 Å². The summed E-state index contributed by atoms with van der Waals surface area (Å²) in [6.07, 6.45) is -3.73. The van der Waals surface area contributed by atoms with E-state index in [0.29, 0.717) is 5.56 Å². The van der Waals surface area contributed by atoms with Gasteiger partial charge in [0.2, 0.25) is 0 Å². The molecule has 0 aliphatic rings. The Balaban J connectivity index is 2.66. The molecule has 18 heavy (non-hydrogen) atoms. The Morgan fingerprint density at radius 3 is 2.44 bits per heavy atom. The number of hydrogen-bond donors (Lipinski definition) is 1. The zero-order chi connectivity index (χ0) is 13.9. The highest BCUT2D eigenvalue weighted by Gasteiger charge is 2.40. The maximum absolute atomic E-state index is 12.9. The molecule has 0 radical (unpaired) electrons. The summed E-state index contributed by atoms with van der Waals surface area (Å²) < 4.78 is 62.0. The van der Waals surface area contributed by atoms with Crippen LogP contribution in [0, 0.1) is 5.82 Å². The monoisotopic (exact) mass is 287 g/mol. The molecule has 1 rings (SSSR count). The molecule has 0 aromatic heterocycles. The van der Waals surface area contributed by atoms with Crippen LogP contribution in [0.25, 0.3) is 0 Å². The lowest BCUT2D eigenvalue weighted by atomic mass is 10.1. The van der Waals surface area contributed by atoms with Gasteiger partial charge in [-0.25, -0.2) is 13.2 Å². The van der Waals surface area contributed by atoms with Crippen molar-refractivity contribution in [2.75, 3.05) is 6.54 Å². The second kappa shape index (κ2) is 5.84. The molecule has 1 unspecified atom stereocenters. The van der Waals surface area contributed by atoms with Crippen LogP contribution in [0.1, 0.15) is 18.5 Å². The van der Waals surface area contributed by atoms with Crippen LogP contribution in [-0.2, 0) is 0 Å². The van der Waals surface area contributed by atoms with E-state index in [1.54, 1.807) is 0 Å². The van der Waals surface area contributed by atoms with E-state index in [2.05, 4.69) is 5.32 Å². The molecule has 7 heteroatoms. The van der Waals surface area contributed by atoms with Crippen molar-refractivity contribution in [3.63, 3.8) is 0 Å². The van der Waals surface area contributed by atoms with Gasteiger partial charge in [0.25, 0.3) is 0 Å². The molecule has 0 bridgehead atoms. The van der Waals surface area contributed by atoms with E-state index in [1.165, 1.54) is 19.1 Å². The molecule has 1 aromatic rings. The second-order valence-corrected chi connectivity index (χ2v) is 4.25. The molecule has 0 aliphatic carbocycles. The van der Waals surface area contributed by atoms with E-state index in [-0.39, 0.29) is 5.02 Å². The number of rotatable bonds is 5. The van der Waals surface area contributed by atoms with Gasteiger partial charge in [0.1, 0.15) is 5.82 Å². The lowest BCUT2D eigenvalue weighted by molar-refractivity contribution is -0.126. The highest BCUT2D eigenvalue weighted by molar-refractivity contribution is 6.30. The highest BCUT2D eigenvalue weighted by Crippen LogP contribution is 2.24. The predicted molar refractivity (Wildman–Crippen MR) is 58.8 cm³/mol. The van der Waals surface area contributed by atoms with Crippen LogP contribution in [-0.4, -0.2) is 18.9 Å². The number of alkyl halides is 4. The van der Waals surface area contributed by atoms with Crippen molar-refractivity contribution in [2.45, 2.75) is 25.3 Å². The highest BCUT2D eigenvalue weighted by atomic mass is 35.5. The summed E-state index contributed by atoms with van der Waals surface area (Å²) >= 11 is 5.53. The second-order valence-electron chi connectivity index (χ2n) is 3.84. The Morgan fingerprint density at radius 2 is 1.94 bits per heavy atom. The van der Waals surface area contributed by atoms with Crippen molar-refractivity contribution in [3.05, 3.63) is 34.6 Å². The molecule has 0 heterocycles. The first-order valence-electron chi connectivity index (χ1n) is 5.08. The van der Waals surface area contributed by atoms with Crippen molar-refractivity contribution in [3.8, 4) is 0 Å². The average Bonchev–Trinajstić information content (AvgIpc) is 2.29. The van der Waals surface area contributed by atoms with Crippen molar-refractivity contribution in [2.24, 2.45) is 0 Å². The van der Waals surface area contributed by atoms with Gasteiger partial charge in [0.05, 0.1) is 11.6 Å². The summed E-state index contributed by atoms with van der Waals surface area (Å²) in [5, 5.41) is 2.10. The smallest absolute Gasteiger partial charge is 0.304 e. The van der Waals surface area contributed by atoms with Crippen LogP contribution >= 0.6 is 11.6 Å². The average molecular weight is 288 g/mol. The molecule has 1 nitrogen and oxygen atoms in total. The minimum atomic E-state index is -4.10. The van der Waals surface area contributed by atoms with Crippen LogP contribution < -0.4 is 5.32 Å². The molecule has 0 spiro atoms. The molecule has 0 amide bonds. The first kappa shape index (κ1) is 15.2. The van der Waals surface area contributed by atoms with E-state index in [1.807, 2.05) is 0 Å². The lowest BCUT2D eigenvalue weighted by Crippen LogP contribution is -2.39. The summed E-state index contributed by atoms with van der Waals surface area (Å²) in [4.78, 5) is 0. The van der Waals surface area contributed by atoms with Gasteiger partial charge < -0.3 is 5.32 Å². The van der Waals surface area contributed by atoms with Gasteiger partial charge in [-0.2, -0.15) is 8.78 Å². The van der Waals surface area contributed by atoms with Gasteiger partial charge in [-0.1, -0.05) is 17.7 Å². The Kier molecular flexibility index (Phi) is 4.92. The molecule has 1 atom stereocenters. The van der Waals surface area contributed by atoms with Crippen LogP contribution in [0.3, 0.4) is 0 Å². The van der Waals surface area contributed by atoms with Crippen LogP contribution in [0.15, 0.2) is 18.2 Å². The van der Waals surface area contributed by atoms with Crippen LogP contribution in [0.5, 0.6) is 0 Å². The molecule has 102 valence electrons. The summed E-state index contributed by atoms with van der Waals surface area (Å²) in [5.74, 6) is -4.73. The Bertz CT molecular complexity index is 410. The largest absolute Gasteiger partial charge is 0.319 e. The summed E-state index contributed by atoms with van der Waals surface area (Å²) in [5.41, 5.74) is 0.437.